The fraction of sp³-hybridized carbons (Fsp3) is 0.818. The molecule has 0 aliphatic rings. The van der Waals surface area contributed by atoms with Gasteiger partial charge in [-0.2, -0.15) is 0 Å². The zero-order valence-electron chi connectivity index (χ0n) is 9.52. The van der Waals surface area contributed by atoms with Crippen molar-refractivity contribution in [1.82, 2.24) is 15.0 Å². The van der Waals surface area contributed by atoms with Gasteiger partial charge in [0.15, 0.2) is 0 Å². The van der Waals surface area contributed by atoms with Crippen LogP contribution in [0.5, 0.6) is 0 Å². The molecule has 0 aromatic carbocycles. The molecule has 4 nitrogen and oxygen atoms in total. The maximum atomic E-state index is 8.62. The number of hydrogen-bond donors (Lipinski definition) is 1. The Morgan fingerprint density at radius 2 is 2.07 bits per heavy atom. The van der Waals surface area contributed by atoms with E-state index in [4.69, 9.17) is 5.11 Å². The third-order valence-electron chi connectivity index (χ3n) is 2.39. The van der Waals surface area contributed by atoms with Crippen LogP contribution in [-0.4, -0.2) is 26.7 Å². The van der Waals surface area contributed by atoms with Crippen LogP contribution in [0.1, 0.15) is 44.7 Å². The Labute approximate surface area is 91.3 Å². The summed E-state index contributed by atoms with van der Waals surface area (Å²) in [6.45, 7) is 3.40. The summed E-state index contributed by atoms with van der Waals surface area (Å²) in [6.07, 6.45) is 8.47. The molecule has 1 heterocycles. The smallest absolute Gasteiger partial charge is 0.0827 e. The topological polar surface area (TPSA) is 50.9 Å². The summed E-state index contributed by atoms with van der Waals surface area (Å²) in [5, 5.41) is 16.8. The molecule has 0 saturated heterocycles. The molecule has 1 aromatic rings. The van der Waals surface area contributed by atoms with Gasteiger partial charge < -0.3 is 5.11 Å². The van der Waals surface area contributed by atoms with Crippen LogP contribution in [0.4, 0.5) is 0 Å². The average Bonchev–Trinajstić information content (AvgIpc) is 2.66. The number of hydrogen-bond acceptors (Lipinski definition) is 3. The van der Waals surface area contributed by atoms with Gasteiger partial charge in [0, 0.05) is 19.3 Å². The molecule has 0 fully saturated rings. The lowest BCUT2D eigenvalue weighted by Crippen LogP contribution is -1.98. The van der Waals surface area contributed by atoms with Crippen LogP contribution < -0.4 is 0 Å². The number of aliphatic hydroxyl groups is 1. The minimum atomic E-state index is 0.309. The Hall–Kier alpha value is -0.900. The van der Waals surface area contributed by atoms with Gasteiger partial charge in [-0.15, -0.1) is 5.10 Å². The third kappa shape index (κ3) is 4.93. The summed E-state index contributed by atoms with van der Waals surface area (Å²) in [5.74, 6) is 0. The van der Waals surface area contributed by atoms with E-state index < -0.39 is 0 Å². The van der Waals surface area contributed by atoms with Crippen molar-refractivity contribution in [3.8, 4) is 0 Å². The lowest BCUT2D eigenvalue weighted by molar-refractivity contribution is 0.282. The Bertz CT molecular complexity index is 260. The predicted molar refractivity (Wildman–Crippen MR) is 59.6 cm³/mol. The molecule has 0 unspecified atom stereocenters. The van der Waals surface area contributed by atoms with Gasteiger partial charge in [-0.25, -0.2) is 0 Å². The molecule has 0 bridgehead atoms. The van der Waals surface area contributed by atoms with E-state index >= 15 is 0 Å². The zero-order valence-corrected chi connectivity index (χ0v) is 9.52. The SMILES string of the molecule is CCCc1cn(CCCCCCO)nn1. The minimum Gasteiger partial charge on any atom is -0.396 e. The number of aliphatic hydroxyl groups excluding tert-OH is 1. The number of nitrogens with zero attached hydrogens (tertiary/aromatic N) is 3. The molecule has 1 rings (SSSR count). The molecule has 0 aliphatic heterocycles. The van der Waals surface area contributed by atoms with Crippen LogP contribution in [0.2, 0.25) is 0 Å². The van der Waals surface area contributed by atoms with Crippen molar-refractivity contribution in [3.63, 3.8) is 0 Å². The van der Waals surface area contributed by atoms with Crippen LogP contribution in [0.15, 0.2) is 6.20 Å². The largest absolute Gasteiger partial charge is 0.396 e. The van der Waals surface area contributed by atoms with E-state index in [9.17, 15) is 0 Å². The zero-order chi connectivity index (χ0) is 10.9. The lowest BCUT2D eigenvalue weighted by Gasteiger charge is -1.99. The van der Waals surface area contributed by atoms with Gasteiger partial charge in [-0.05, 0) is 19.3 Å². The van der Waals surface area contributed by atoms with E-state index in [0.29, 0.717) is 6.61 Å². The second-order valence-electron chi connectivity index (χ2n) is 3.86. The van der Waals surface area contributed by atoms with Gasteiger partial charge in [0.25, 0.3) is 0 Å². The highest BCUT2D eigenvalue weighted by Crippen LogP contribution is 2.02. The molecular weight excluding hydrogens is 190 g/mol. The summed E-state index contributed by atoms with van der Waals surface area (Å²) < 4.78 is 1.92. The summed E-state index contributed by atoms with van der Waals surface area (Å²) >= 11 is 0. The Balaban J connectivity index is 2.14. The van der Waals surface area contributed by atoms with E-state index in [1.807, 2.05) is 10.9 Å². The normalized spacial score (nSPS) is 10.8. The van der Waals surface area contributed by atoms with Crippen LogP contribution >= 0.6 is 0 Å². The molecule has 0 spiro atoms. The molecule has 0 saturated carbocycles. The highest BCUT2D eigenvalue weighted by molar-refractivity contribution is 4.91. The predicted octanol–water partition coefficient (Wildman–Crippen LogP) is 1.78. The quantitative estimate of drug-likeness (QED) is 0.667. The summed E-state index contributed by atoms with van der Waals surface area (Å²) in [6, 6.07) is 0. The van der Waals surface area contributed by atoms with Gasteiger partial charge in [-0.1, -0.05) is 31.4 Å². The van der Waals surface area contributed by atoms with Crippen LogP contribution in [0.3, 0.4) is 0 Å². The van der Waals surface area contributed by atoms with Crippen molar-refractivity contribution in [3.05, 3.63) is 11.9 Å². The Morgan fingerprint density at radius 1 is 1.27 bits per heavy atom. The number of rotatable bonds is 8. The van der Waals surface area contributed by atoms with Gasteiger partial charge in [-0.3, -0.25) is 4.68 Å². The molecule has 1 N–H and O–H groups in total. The standard InChI is InChI=1S/C11H21N3O/c1-2-7-11-10-14(13-12-11)8-5-3-4-6-9-15/h10,15H,2-9H2,1H3. The van der Waals surface area contributed by atoms with Crippen LogP contribution in [0.25, 0.3) is 0 Å². The van der Waals surface area contributed by atoms with E-state index in [2.05, 4.69) is 17.2 Å². The summed E-state index contributed by atoms with van der Waals surface area (Å²) in [7, 11) is 0. The monoisotopic (exact) mass is 211 g/mol. The first-order chi connectivity index (χ1) is 7.36. The number of aromatic nitrogens is 3. The molecule has 0 aliphatic carbocycles. The van der Waals surface area contributed by atoms with Gasteiger partial charge in [0.05, 0.1) is 5.69 Å². The molecule has 0 amide bonds. The first-order valence-corrected chi connectivity index (χ1v) is 5.86. The van der Waals surface area contributed by atoms with Crippen LogP contribution in [0, 0.1) is 0 Å². The van der Waals surface area contributed by atoms with Crippen molar-refractivity contribution in [2.75, 3.05) is 6.61 Å². The molecule has 4 heteroatoms. The molecule has 15 heavy (non-hydrogen) atoms. The highest BCUT2D eigenvalue weighted by Gasteiger charge is 1.98. The van der Waals surface area contributed by atoms with Crippen molar-refractivity contribution in [2.45, 2.75) is 52.0 Å². The first kappa shape index (κ1) is 12.2. The fourth-order valence-electron chi connectivity index (χ4n) is 1.56. The molecular formula is C11H21N3O. The Morgan fingerprint density at radius 3 is 2.80 bits per heavy atom. The average molecular weight is 211 g/mol. The van der Waals surface area contributed by atoms with E-state index in [0.717, 1.165) is 50.8 Å². The first-order valence-electron chi connectivity index (χ1n) is 5.86. The van der Waals surface area contributed by atoms with Crippen LogP contribution in [-0.2, 0) is 13.0 Å². The second-order valence-corrected chi connectivity index (χ2v) is 3.86. The lowest BCUT2D eigenvalue weighted by atomic mass is 10.2. The molecule has 0 radical (unpaired) electrons. The van der Waals surface area contributed by atoms with Crippen molar-refractivity contribution >= 4 is 0 Å². The number of aryl methyl sites for hydroxylation is 2. The highest BCUT2D eigenvalue weighted by atomic mass is 16.2. The van der Waals surface area contributed by atoms with Crippen molar-refractivity contribution < 1.29 is 5.11 Å². The third-order valence-corrected chi connectivity index (χ3v) is 2.39. The Kier molecular flexibility index (Phi) is 6.00. The summed E-state index contributed by atoms with van der Waals surface area (Å²) in [4.78, 5) is 0. The molecule has 0 atom stereocenters. The van der Waals surface area contributed by atoms with E-state index in [1.54, 1.807) is 0 Å². The van der Waals surface area contributed by atoms with Gasteiger partial charge in [0.1, 0.15) is 0 Å². The maximum absolute atomic E-state index is 8.62. The van der Waals surface area contributed by atoms with Crippen molar-refractivity contribution in [2.24, 2.45) is 0 Å². The second kappa shape index (κ2) is 7.40. The van der Waals surface area contributed by atoms with E-state index in [1.165, 1.54) is 0 Å². The van der Waals surface area contributed by atoms with Gasteiger partial charge in [0.2, 0.25) is 0 Å². The van der Waals surface area contributed by atoms with Crippen molar-refractivity contribution in [1.29, 1.82) is 0 Å². The maximum Gasteiger partial charge on any atom is 0.0827 e. The number of unbranched alkanes of at least 4 members (excludes halogenated alkanes) is 3. The molecule has 1 aromatic heterocycles. The molecule has 86 valence electrons. The van der Waals surface area contributed by atoms with E-state index in [-0.39, 0.29) is 0 Å². The summed E-state index contributed by atoms with van der Waals surface area (Å²) in [5.41, 5.74) is 1.09. The minimum absolute atomic E-state index is 0.309. The van der Waals surface area contributed by atoms with Gasteiger partial charge >= 0.3 is 0 Å². The fourth-order valence-corrected chi connectivity index (χ4v) is 1.56.